The summed E-state index contributed by atoms with van der Waals surface area (Å²) in [5.41, 5.74) is 7.74. The lowest BCUT2D eigenvalue weighted by molar-refractivity contribution is -0.130. The Morgan fingerprint density at radius 2 is 2.16 bits per heavy atom. The third kappa shape index (κ3) is 3.47. The number of nitrogen functional groups attached to an aromatic ring is 1. The number of anilines is 1. The first-order valence-corrected chi connectivity index (χ1v) is 6.85. The van der Waals surface area contributed by atoms with Crippen LogP contribution in [0.4, 0.5) is 5.69 Å². The fourth-order valence-electron chi connectivity index (χ4n) is 2.55. The zero-order valence-electron chi connectivity index (χ0n) is 11.8. The summed E-state index contributed by atoms with van der Waals surface area (Å²) < 4.78 is 0. The van der Waals surface area contributed by atoms with Crippen molar-refractivity contribution < 1.29 is 4.79 Å². The van der Waals surface area contributed by atoms with Gasteiger partial charge in [-0.1, -0.05) is 18.2 Å². The maximum Gasteiger partial charge on any atom is 0.222 e. The van der Waals surface area contributed by atoms with Crippen LogP contribution in [0.5, 0.6) is 0 Å². The predicted octanol–water partition coefficient (Wildman–Crippen LogP) is 1.36. The second-order valence-corrected chi connectivity index (χ2v) is 5.44. The zero-order chi connectivity index (χ0) is 13.8. The largest absolute Gasteiger partial charge is 0.399 e. The number of amides is 1. The normalized spacial score (nSPS) is 19.1. The molecule has 0 saturated carbocycles. The molecule has 1 saturated heterocycles. The minimum absolute atomic E-state index is 0.243. The van der Waals surface area contributed by atoms with Gasteiger partial charge in [0.05, 0.1) is 0 Å². The first-order valence-electron chi connectivity index (χ1n) is 6.85. The monoisotopic (exact) mass is 261 g/mol. The van der Waals surface area contributed by atoms with Crippen LogP contribution in [0.2, 0.25) is 0 Å². The molecule has 2 N–H and O–H groups in total. The molecule has 1 aromatic carbocycles. The Morgan fingerprint density at radius 3 is 2.79 bits per heavy atom. The number of likely N-dealkylation sites (N-methyl/N-ethyl adjacent to an activating group) is 1. The Morgan fingerprint density at radius 1 is 1.42 bits per heavy atom. The van der Waals surface area contributed by atoms with Crippen molar-refractivity contribution in [2.75, 3.05) is 32.9 Å². The predicted molar refractivity (Wildman–Crippen MR) is 77.8 cm³/mol. The van der Waals surface area contributed by atoms with E-state index in [0.717, 1.165) is 37.2 Å². The quantitative estimate of drug-likeness (QED) is 0.833. The number of para-hydroxylation sites is 1. The molecular formula is C15H23N3O. The van der Waals surface area contributed by atoms with Crippen molar-refractivity contribution in [2.24, 2.45) is 0 Å². The van der Waals surface area contributed by atoms with Crippen molar-refractivity contribution in [3.05, 3.63) is 29.8 Å². The minimum Gasteiger partial charge on any atom is -0.399 e. The number of rotatable bonds is 4. The second-order valence-electron chi connectivity index (χ2n) is 5.44. The van der Waals surface area contributed by atoms with E-state index < -0.39 is 0 Å². The highest BCUT2D eigenvalue weighted by Crippen LogP contribution is 2.17. The molecule has 1 aromatic rings. The Labute approximate surface area is 115 Å². The summed E-state index contributed by atoms with van der Waals surface area (Å²) in [5, 5.41) is 0. The van der Waals surface area contributed by atoms with Crippen molar-refractivity contribution in [2.45, 2.75) is 25.3 Å². The molecule has 1 fully saturated rings. The Balaban J connectivity index is 1.84. The van der Waals surface area contributed by atoms with Crippen LogP contribution < -0.4 is 5.73 Å². The van der Waals surface area contributed by atoms with Gasteiger partial charge in [0, 0.05) is 31.2 Å². The molecule has 1 heterocycles. The molecule has 4 heteroatoms. The molecule has 0 aromatic heterocycles. The maximum atomic E-state index is 12.2. The van der Waals surface area contributed by atoms with Gasteiger partial charge in [-0.05, 0) is 38.6 Å². The molecule has 104 valence electrons. The standard InChI is InChI=1S/C15H23N3O/c1-17(2)13-9-10-18(11-13)15(19)8-7-12-5-3-4-6-14(12)16/h3-6,13H,7-11,16H2,1-2H3. The first kappa shape index (κ1) is 13.9. The molecule has 2 rings (SSSR count). The number of nitrogens with zero attached hydrogens (tertiary/aromatic N) is 2. The van der Waals surface area contributed by atoms with Crippen molar-refractivity contribution in [1.29, 1.82) is 0 Å². The van der Waals surface area contributed by atoms with E-state index in [1.807, 2.05) is 29.2 Å². The van der Waals surface area contributed by atoms with Crippen molar-refractivity contribution >= 4 is 11.6 Å². The van der Waals surface area contributed by atoms with E-state index in [-0.39, 0.29) is 5.91 Å². The molecule has 0 bridgehead atoms. The third-order valence-electron chi connectivity index (χ3n) is 3.91. The number of carbonyl (C=O) groups excluding carboxylic acids is 1. The van der Waals surface area contributed by atoms with Crippen LogP contribution >= 0.6 is 0 Å². The topological polar surface area (TPSA) is 49.6 Å². The van der Waals surface area contributed by atoms with E-state index in [4.69, 9.17) is 5.73 Å². The van der Waals surface area contributed by atoms with Gasteiger partial charge in [0.2, 0.25) is 5.91 Å². The Kier molecular flexibility index (Phi) is 4.43. The van der Waals surface area contributed by atoms with Crippen molar-refractivity contribution in [3.8, 4) is 0 Å². The highest BCUT2D eigenvalue weighted by molar-refractivity contribution is 5.77. The molecular weight excluding hydrogens is 238 g/mol. The highest BCUT2D eigenvalue weighted by atomic mass is 16.2. The fraction of sp³-hybridized carbons (Fsp3) is 0.533. The van der Waals surface area contributed by atoms with E-state index >= 15 is 0 Å². The minimum atomic E-state index is 0.243. The van der Waals surface area contributed by atoms with Gasteiger partial charge in [0.15, 0.2) is 0 Å². The van der Waals surface area contributed by atoms with Crippen LogP contribution in [0, 0.1) is 0 Å². The van der Waals surface area contributed by atoms with Crippen LogP contribution in [-0.2, 0) is 11.2 Å². The van der Waals surface area contributed by atoms with Crippen LogP contribution in [0.15, 0.2) is 24.3 Å². The lowest BCUT2D eigenvalue weighted by atomic mass is 10.1. The smallest absolute Gasteiger partial charge is 0.222 e. The summed E-state index contributed by atoms with van der Waals surface area (Å²) in [6.45, 7) is 1.74. The van der Waals surface area contributed by atoms with E-state index in [1.54, 1.807) is 0 Å². The van der Waals surface area contributed by atoms with E-state index in [2.05, 4.69) is 19.0 Å². The molecule has 0 aliphatic carbocycles. The highest BCUT2D eigenvalue weighted by Gasteiger charge is 2.26. The fourth-order valence-corrected chi connectivity index (χ4v) is 2.55. The lowest BCUT2D eigenvalue weighted by Crippen LogP contribution is -2.34. The molecule has 1 amide bonds. The molecule has 1 atom stereocenters. The first-order chi connectivity index (χ1) is 9.08. The Bertz CT molecular complexity index is 445. The SMILES string of the molecule is CN(C)C1CCN(C(=O)CCc2ccccc2N)C1. The number of benzene rings is 1. The molecule has 4 nitrogen and oxygen atoms in total. The Hall–Kier alpha value is -1.55. The van der Waals surface area contributed by atoms with E-state index in [9.17, 15) is 4.79 Å². The summed E-state index contributed by atoms with van der Waals surface area (Å²) in [4.78, 5) is 16.3. The van der Waals surface area contributed by atoms with E-state index in [1.165, 1.54) is 0 Å². The third-order valence-corrected chi connectivity index (χ3v) is 3.91. The average Bonchev–Trinajstić information content (AvgIpc) is 2.87. The van der Waals surface area contributed by atoms with Crippen molar-refractivity contribution in [1.82, 2.24) is 9.80 Å². The summed E-state index contributed by atoms with van der Waals surface area (Å²) in [5.74, 6) is 0.243. The second kappa shape index (κ2) is 6.06. The van der Waals surface area contributed by atoms with E-state index in [0.29, 0.717) is 12.5 Å². The molecule has 1 aliphatic heterocycles. The number of aryl methyl sites for hydroxylation is 1. The van der Waals surface area contributed by atoms with Gasteiger partial charge in [0.1, 0.15) is 0 Å². The number of carbonyl (C=O) groups is 1. The van der Waals surface area contributed by atoms with Gasteiger partial charge in [-0.2, -0.15) is 0 Å². The molecule has 0 spiro atoms. The number of hydrogen-bond acceptors (Lipinski definition) is 3. The molecule has 0 radical (unpaired) electrons. The number of likely N-dealkylation sites (tertiary alicyclic amines) is 1. The lowest BCUT2D eigenvalue weighted by Gasteiger charge is -2.20. The van der Waals surface area contributed by atoms with Crippen LogP contribution in [0.25, 0.3) is 0 Å². The number of nitrogens with two attached hydrogens (primary N) is 1. The molecule has 1 aliphatic rings. The number of hydrogen-bond donors (Lipinski definition) is 1. The van der Waals surface area contributed by atoms with Gasteiger partial charge in [-0.15, -0.1) is 0 Å². The maximum absolute atomic E-state index is 12.2. The van der Waals surface area contributed by atoms with Crippen LogP contribution in [-0.4, -0.2) is 48.9 Å². The summed E-state index contributed by atoms with van der Waals surface area (Å²) in [7, 11) is 4.15. The van der Waals surface area contributed by atoms with Gasteiger partial charge in [-0.3, -0.25) is 4.79 Å². The summed E-state index contributed by atoms with van der Waals surface area (Å²) >= 11 is 0. The molecule has 19 heavy (non-hydrogen) atoms. The average molecular weight is 261 g/mol. The van der Waals surface area contributed by atoms with Crippen LogP contribution in [0.3, 0.4) is 0 Å². The molecule has 1 unspecified atom stereocenters. The van der Waals surface area contributed by atoms with Gasteiger partial charge in [0.25, 0.3) is 0 Å². The summed E-state index contributed by atoms with van der Waals surface area (Å²) in [6, 6.07) is 8.27. The zero-order valence-corrected chi connectivity index (χ0v) is 11.8. The van der Waals surface area contributed by atoms with Gasteiger partial charge < -0.3 is 15.5 Å². The van der Waals surface area contributed by atoms with Crippen molar-refractivity contribution in [3.63, 3.8) is 0 Å². The summed E-state index contributed by atoms with van der Waals surface area (Å²) in [6.07, 6.45) is 2.36. The van der Waals surface area contributed by atoms with Gasteiger partial charge >= 0.3 is 0 Å². The van der Waals surface area contributed by atoms with Crippen LogP contribution in [0.1, 0.15) is 18.4 Å². The van der Waals surface area contributed by atoms with Gasteiger partial charge in [-0.25, -0.2) is 0 Å².